The van der Waals surface area contributed by atoms with Crippen molar-refractivity contribution < 1.29 is 32.6 Å². The molecular weight excluding hydrogens is 342 g/mol. The van der Waals surface area contributed by atoms with E-state index in [1.165, 1.54) is 50.6 Å². The molecular formula is C15H14F2N2O6. The third kappa shape index (κ3) is 6.77. The van der Waals surface area contributed by atoms with Crippen LogP contribution in [0.4, 0.5) is 8.78 Å². The van der Waals surface area contributed by atoms with E-state index < -0.39 is 18.6 Å². The first-order valence-electron chi connectivity index (χ1n) is 6.65. The second-order valence-corrected chi connectivity index (χ2v) is 4.15. The van der Waals surface area contributed by atoms with Crippen molar-refractivity contribution >= 4 is 11.9 Å². The van der Waals surface area contributed by atoms with E-state index in [9.17, 15) is 23.2 Å². The summed E-state index contributed by atoms with van der Waals surface area (Å²) in [5, 5.41) is 0. The van der Waals surface area contributed by atoms with Gasteiger partial charge < -0.3 is 19.2 Å². The van der Waals surface area contributed by atoms with Gasteiger partial charge in [0.1, 0.15) is 5.69 Å². The maximum absolute atomic E-state index is 11.8. The highest BCUT2D eigenvalue weighted by Gasteiger charge is 2.10. The van der Waals surface area contributed by atoms with E-state index in [1.807, 2.05) is 0 Å². The molecule has 1 N–H and O–H groups in total. The van der Waals surface area contributed by atoms with E-state index in [0.717, 1.165) is 0 Å². The summed E-state index contributed by atoms with van der Waals surface area (Å²) in [6.07, 6.45) is 0. The molecule has 0 aliphatic rings. The van der Waals surface area contributed by atoms with Crippen LogP contribution in [-0.2, 0) is 9.47 Å². The molecule has 0 radical (unpaired) electrons. The number of rotatable bonds is 4. The van der Waals surface area contributed by atoms with E-state index >= 15 is 0 Å². The number of methoxy groups -OCH3 is 2. The molecule has 25 heavy (non-hydrogen) atoms. The van der Waals surface area contributed by atoms with Crippen molar-refractivity contribution in [3.8, 4) is 5.88 Å². The molecule has 2 aromatic rings. The maximum Gasteiger partial charge on any atom is 0.388 e. The molecule has 0 spiro atoms. The van der Waals surface area contributed by atoms with Crippen LogP contribution in [0.1, 0.15) is 21.0 Å². The normalized spacial score (nSPS) is 9.64. The van der Waals surface area contributed by atoms with Crippen LogP contribution in [0.15, 0.2) is 41.2 Å². The van der Waals surface area contributed by atoms with Crippen molar-refractivity contribution in [3.63, 3.8) is 0 Å². The first kappa shape index (κ1) is 19.7. The molecule has 0 atom stereocenters. The second kappa shape index (κ2) is 9.75. The number of carbonyl (C=O) groups excluding carboxylic acids is 2. The van der Waals surface area contributed by atoms with Crippen LogP contribution in [0.5, 0.6) is 5.88 Å². The first-order valence-corrected chi connectivity index (χ1v) is 6.65. The SMILES string of the molecule is COC(=O)c1cccc(=O)[nH]1.COC(=O)c1cccc(OC(F)F)n1. The number of aromatic nitrogens is 2. The fourth-order valence-corrected chi connectivity index (χ4v) is 1.47. The Kier molecular flexibility index (Phi) is 7.70. The van der Waals surface area contributed by atoms with Gasteiger partial charge in [0.25, 0.3) is 0 Å². The fraction of sp³-hybridized carbons (Fsp3) is 0.200. The molecule has 0 fully saturated rings. The number of nitrogens with zero attached hydrogens (tertiary/aromatic N) is 1. The van der Waals surface area contributed by atoms with Crippen molar-refractivity contribution in [3.05, 3.63) is 58.1 Å². The molecule has 0 saturated carbocycles. The number of alkyl halides is 2. The van der Waals surface area contributed by atoms with Gasteiger partial charge >= 0.3 is 18.6 Å². The highest BCUT2D eigenvalue weighted by Crippen LogP contribution is 2.11. The molecule has 134 valence electrons. The summed E-state index contributed by atoms with van der Waals surface area (Å²) in [5.74, 6) is -1.56. The van der Waals surface area contributed by atoms with Crippen LogP contribution < -0.4 is 10.3 Å². The predicted octanol–water partition coefficient (Wildman–Crippen LogP) is 1.63. The van der Waals surface area contributed by atoms with Crippen molar-refractivity contribution in [2.24, 2.45) is 0 Å². The lowest BCUT2D eigenvalue weighted by atomic mass is 10.3. The highest BCUT2D eigenvalue weighted by atomic mass is 19.3. The Hall–Kier alpha value is -3.30. The van der Waals surface area contributed by atoms with Gasteiger partial charge in [0.2, 0.25) is 11.4 Å². The quantitative estimate of drug-likeness (QED) is 0.830. The minimum absolute atomic E-state index is 0.0781. The average molecular weight is 356 g/mol. The number of pyridine rings is 2. The summed E-state index contributed by atoms with van der Waals surface area (Å²) in [7, 11) is 2.43. The molecule has 0 bridgehead atoms. The maximum atomic E-state index is 11.8. The van der Waals surface area contributed by atoms with Crippen LogP contribution in [-0.4, -0.2) is 42.7 Å². The summed E-state index contributed by atoms with van der Waals surface area (Å²) in [6.45, 7) is -2.96. The van der Waals surface area contributed by atoms with Gasteiger partial charge in [0.15, 0.2) is 5.69 Å². The van der Waals surface area contributed by atoms with Gasteiger partial charge in [-0.3, -0.25) is 4.79 Å². The Balaban J connectivity index is 0.000000257. The van der Waals surface area contributed by atoms with Crippen LogP contribution in [0.3, 0.4) is 0 Å². The van der Waals surface area contributed by atoms with E-state index in [-0.39, 0.29) is 22.8 Å². The number of carbonyl (C=O) groups is 2. The fourth-order valence-electron chi connectivity index (χ4n) is 1.47. The zero-order chi connectivity index (χ0) is 18.8. The minimum Gasteiger partial charge on any atom is -0.464 e. The highest BCUT2D eigenvalue weighted by molar-refractivity contribution is 5.87. The molecule has 8 nitrogen and oxygen atoms in total. The first-order chi connectivity index (χ1) is 11.9. The molecule has 0 aliphatic carbocycles. The Bertz CT molecular complexity index is 778. The lowest BCUT2D eigenvalue weighted by molar-refractivity contribution is -0.0530. The van der Waals surface area contributed by atoms with Gasteiger partial charge in [-0.15, -0.1) is 0 Å². The standard InChI is InChI=1S/C8H7F2NO3.C7H7NO3/c1-13-7(12)5-3-2-4-6(11-5)14-8(9)10;1-11-7(10)5-3-2-4-6(9)8-5/h2-4,8H,1H3;2-4H,1H3,(H,8,9). The van der Waals surface area contributed by atoms with Gasteiger partial charge in [-0.25, -0.2) is 14.6 Å². The van der Waals surface area contributed by atoms with Gasteiger partial charge in [-0.05, 0) is 12.1 Å². The second-order valence-electron chi connectivity index (χ2n) is 4.15. The Morgan fingerprint density at radius 2 is 1.68 bits per heavy atom. The number of H-pyrrole nitrogens is 1. The molecule has 0 aliphatic heterocycles. The van der Waals surface area contributed by atoms with Crippen molar-refractivity contribution in [2.75, 3.05) is 14.2 Å². The van der Waals surface area contributed by atoms with Crippen LogP contribution in [0.2, 0.25) is 0 Å². The number of hydrogen-bond donors (Lipinski definition) is 1. The smallest absolute Gasteiger partial charge is 0.388 e. The largest absolute Gasteiger partial charge is 0.464 e. The summed E-state index contributed by atoms with van der Waals surface area (Å²) in [5.41, 5.74) is -0.224. The average Bonchev–Trinajstić information content (AvgIpc) is 2.60. The van der Waals surface area contributed by atoms with Gasteiger partial charge in [0, 0.05) is 12.1 Å². The van der Waals surface area contributed by atoms with Crippen LogP contribution >= 0.6 is 0 Å². The lowest BCUT2D eigenvalue weighted by Crippen LogP contribution is -2.11. The molecule has 0 unspecified atom stereocenters. The lowest BCUT2D eigenvalue weighted by Gasteiger charge is -2.03. The molecule has 0 aromatic carbocycles. The van der Waals surface area contributed by atoms with Gasteiger partial charge in [-0.1, -0.05) is 12.1 Å². The molecule has 2 rings (SSSR count). The summed E-state index contributed by atoms with van der Waals surface area (Å²) < 4.78 is 36.2. The number of ether oxygens (including phenoxy) is 3. The van der Waals surface area contributed by atoms with Crippen molar-refractivity contribution in [1.29, 1.82) is 0 Å². The van der Waals surface area contributed by atoms with Crippen molar-refractivity contribution in [2.45, 2.75) is 6.61 Å². The third-order valence-corrected chi connectivity index (χ3v) is 2.50. The zero-order valence-corrected chi connectivity index (χ0v) is 13.2. The predicted molar refractivity (Wildman–Crippen MR) is 80.6 cm³/mol. The number of hydrogen-bond acceptors (Lipinski definition) is 7. The number of nitrogens with one attached hydrogen (secondary N) is 1. The van der Waals surface area contributed by atoms with Gasteiger partial charge in [0.05, 0.1) is 14.2 Å². The molecule has 0 amide bonds. The number of halogens is 2. The van der Waals surface area contributed by atoms with E-state index in [0.29, 0.717) is 0 Å². The van der Waals surface area contributed by atoms with E-state index in [1.54, 1.807) is 0 Å². The summed E-state index contributed by atoms with van der Waals surface area (Å²) in [6, 6.07) is 8.23. The van der Waals surface area contributed by atoms with Crippen LogP contribution in [0.25, 0.3) is 0 Å². The molecule has 0 saturated heterocycles. The summed E-state index contributed by atoms with van der Waals surface area (Å²) in [4.78, 5) is 38.2. The van der Waals surface area contributed by atoms with E-state index in [4.69, 9.17) is 0 Å². The van der Waals surface area contributed by atoms with Crippen LogP contribution in [0, 0.1) is 0 Å². The molecule has 2 heterocycles. The Morgan fingerprint density at radius 1 is 1.04 bits per heavy atom. The summed E-state index contributed by atoms with van der Waals surface area (Å²) >= 11 is 0. The minimum atomic E-state index is -2.96. The van der Waals surface area contributed by atoms with E-state index in [2.05, 4.69) is 24.2 Å². The Morgan fingerprint density at radius 3 is 2.24 bits per heavy atom. The van der Waals surface area contributed by atoms with Gasteiger partial charge in [-0.2, -0.15) is 8.78 Å². The number of esters is 2. The Labute approximate surface area is 140 Å². The number of aromatic amines is 1. The molecule has 2 aromatic heterocycles. The molecule has 10 heteroatoms. The monoisotopic (exact) mass is 356 g/mol. The third-order valence-electron chi connectivity index (χ3n) is 2.50. The zero-order valence-electron chi connectivity index (χ0n) is 13.2. The van der Waals surface area contributed by atoms with Crippen molar-refractivity contribution in [1.82, 2.24) is 9.97 Å². The topological polar surface area (TPSA) is 108 Å².